The second-order valence-corrected chi connectivity index (χ2v) is 5.52. The third-order valence-electron chi connectivity index (χ3n) is 2.87. The van der Waals surface area contributed by atoms with Gasteiger partial charge in [0.15, 0.2) is 0 Å². The lowest BCUT2D eigenvalue weighted by Crippen LogP contribution is -1.93. The Morgan fingerprint density at radius 1 is 1.05 bits per heavy atom. The molecule has 0 radical (unpaired) electrons. The van der Waals surface area contributed by atoms with Crippen molar-refractivity contribution in [2.45, 2.75) is 0 Å². The van der Waals surface area contributed by atoms with Gasteiger partial charge in [0.05, 0.1) is 5.52 Å². The molecule has 3 aromatic rings. The van der Waals surface area contributed by atoms with E-state index in [0.29, 0.717) is 0 Å². The van der Waals surface area contributed by atoms with Crippen LogP contribution in [0.15, 0.2) is 54.7 Å². The first kappa shape index (κ1) is 12.2. The summed E-state index contributed by atoms with van der Waals surface area (Å²) >= 11 is 2.30. The van der Waals surface area contributed by atoms with E-state index >= 15 is 0 Å². The molecule has 4 heteroatoms. The highest BCUT2D eigenvalue weighted by molar-refractivity contribution is 14.1. The summed E-state index contributed by atoms with van der Waals surface area (Å²) < 4.78 is 1.20. The van der Waals surface area contributed by atoms with Gasteiger partial charge in [-0.15, -0.1) is 0 Å². The number of nitrogens with zero attached hydrogens (tertiary/aromatic N) is 1. The highest BCUT2D eigenvalue weighted by Crippen LogP contribution is 2.26. The van der Waals surface area contributed by atoms with Crippen molar-refractivity contribution in [2.75, 3.05) is 11.1 Å². The molecule has 0 saturated heterocycles. The van der Waals surface area contributed by atoms with E-state index in [1.54, 1.807) is 6.20 Å². The molecule has 1 heterocycles. The Labute approximate surface area is 125 Å². The van der Waals surface area contributed by atoms with E-state index in [4.69, 9.17) is 5.73 Å². The van der Waals surface area contributed by atoms with Crippen molar-refractivity contribution in [2.24, 2.45) is 0 Å². The maximum atomic E-state index is 5.78. The number of nitrogens with two attached hydrogens (primary N) is 1. The quantitative estimate of drug-likeness (QED) is 0.532. The summed E-state index contributed by atoms with van der Waals surface area (Å²) in [6, 6.07) is 16.0. The Hall–Kier alpha value is -1.82. The van der Waals surface area contributed by atoms with E-state index in [1.807, 2.05) is 36.4 Å². The summed E-state index contributed by atoms with van der Waals surface area (Å²) in [7, 11) is 0. The fourth-order valence-corrected chi connectivity index (χ4v) is 2.54. The zero-order valence-electron chi connectivity index (χ0n) is 10.1. The summed E-state index contributed by atoms with van der Waals surface area (Å²) in [6.45, 7) is 0. The van der Waals surface area contributed by atoms with Crippen molar-refractivity contribution in [3.8, 4) is 0 Å². The number of anilines is 3. The largest absolute Gasteiger partial charge is 0.399 e. The van der Waals surface area contributed by atoms with E-state index in [9.17, 15) is 0 Å². The second-order valence-electron chi connectivity index (χ2n) is 4.27. The van der Waals surface area contributed by atoms with Gasteiger partial charge in [-0.3, -0.25) is 4.98 Å². The summed E-state index contributed by atoms with van der Waals surface area (Å²) in [6.07, 6.45) is 1.79. The van der Waals surface area contributed by atoms with Crippen LogP contribution in [0.25, 0.3) is 10.9 Å². The minimum Gasteiger partial charge on any atom is -0.399 e. The lowest BCUT2D eigenvalue weighted by atomic mass is 10.1. The molecule has 0 unspecified atom stereocenters. The number of aromatic nitrogens is 1. The average Bonchev–Trinajstić information content (AvgIpc) is 2.38. The molecule has 3 nitrogen and oxygen atoms in total. The summed E-state index contributed by atoms with van der Waals surface area (Å²) in [4.78, 5) is 4.34. The molecule has 0 saturated carbocycles. The topological polar surface area (TPSA) is 50.9 Å². The lowest BCUT2D eigenvalue weighted by Gasteiger charge is -2.10. The minimum absolute atomic E-state index is 0.728. The molecule has 3 rings (SSSR count). The number of fused-ring (bicyclic) bond motifs is 1. The van der Waals surface area contributed by atoms with Crippen molar-refractivity contribution in [1.82, 2.24) is 4.98 Å². The highest BCUT2D eigenvalue weighted by atomic mass is 127. The maximum absolute atomic E-state index is 5.78. The predicted molar refractivity (Wildman–Crippen MR) is 88.6 cm³/mol. The second kappa shape index (κ2) is 5.05. The van der Waals surface area contributed by atoms with E-state index < -0.39 is 0 Å². The third kappa shape index (κ3) is 2.63. The van der Waals surface area contributed by atoms with E-state index in [-0.39, 0.29) is 0 Å². The van der Waals surface area contributed by atoms with Gasteiger partial charge in [0.2, 0.25) is 0 Å². The lowest BCUT2D eigenvalue weighted by molar-refractivity contribution is 1.40. The van der Waals surface area contributed by atoms with Gasteiger partial charge in [0.25, 0.3) is 0 Å². The molecule has 0 fully saturated rings. The number of nitrogen functional groups attached to an aromatic ring is 1. The molecule has 1 aromatic heterocycles. The zero-order chi connectivity index (χ0) is 13.2. The molecule has 19 heavy (non-hydrogen) atoms. The fraction of sp³-hybridized carbons (Fsp3) is 0. The molecule has 0 aliphatic carbocycles. The maximum Gasteiger partial charge on any atom is 0.0743 e. The number of halogens is 1. The van der Waals surface area contributed by atoms with E-state index in [1.165, 1.54) is 3.57 Å². The standard InChI is InChI=1S/C15H12IN3/c16-10-2-1-3-12(8-10)19-14-6-7-18-15-9-11(17)4-5-13(14)15/h1-9H,17H2,(H,18,19). The summed E-state index contributed by atoms with van der Waals surface area (Å²) in [5, 5.41) is 4.49. The summed E-state index contributed by atoms with van der Waals surface area (Å²) in [5.41, 5.74) is 9.51. The van der Waals surface area contributed by atoms with Crippen molar-refractivity contribution in [3.63, 3.8) is 0 Å². The van der Waals surface area contributed by atoms with Crippen LogP contribution in [0.5, 0.6) is 0 Å². The van der Waals surface area contributed by atoms with Crippen LogP contribution in [0.3, 0.4) is 0 Å². The number of benzene rings is 2. The molecule has 0 aliphatic rings. The molecule has 0 amide bonds. The number of pyridine rings is 1. The van der Waals surface area contributed by atoms with Gasteiger partial charge in [0, 0.05) is 32.2 Å². The average molecular weight is 361 g/mol. The monoisotopic (exact) mass is 361 g/mol. The van der Waals surface area contributed by atoms with E-state index in [0.717, 1.165) is 28.0 Å². The van der Waals surface area contributed by atoms with Crippen LogP contribution in [0.4, 0.5) is 17.1 Å². The van der Waals surface area contributed by atoms with Crippen molar-refractivity contribution < 1.29 is 0 Å². The van der Waals surface area contributed by atoms with Crippen LogP contribution < -0.4 is 11.1 Å². The highest BCUT2D eigenvalue weighted by Gasteiger charge is 2.03. The molecule has 94 valence electrons. The molecule has 0 aliphatic heterocycles. The van der Waals surface area contributed by atoms with Crippen LogP contribution in [-0.2, 0) is 0 Å². The molecular formula is C15H12IN3. The molecule has 3 N–H and O–H groups in total. The smallest absolute Gasteiger partial charge is 0.0743 e. The first-order chi connectivity index (χ1) is 9.22. The van der Waals surface area contributed by atoms with Crippen LogP contribution in [0.2, 0.25) is 0 Å². The number of hydrogen-bond acceptors (Lipinski definition) is 3. The van der Waals surface area contributed by atoms with Gasteiger partial charge in [0.1, 0.15) is 0 Å². The third-order valence-corrected chi connectivity index (χ3v) is 3.54. The predicted octanol–water partition coefficient (Wildman–Crippen LogP) is 4.17. The van der Waals surface area contributed by atoms with Crippen molar-refractivity contribution in [3.05, 3.63) is 58.3 Å². The van der Waals surface area contributed by atoms with Gasteiger partial charge in [-0.1, -0.05) is 6.07 Å². The molecule has 2 aromatic carbocycles. The SMILES string of the molecule is Nc1ccc2c(Nc3cccc(I)c3)ccnc2c1. The van der Waals surface area contributed by atoms with Gasteiger partial charge >= 0.3 is 0 Å². The summed E-state index contributed by atoms with van der Waals surface area (Å²) in [5.74, 6) is 0. The number of nitrogens with one attached hydrogen (secondary N) is 1. The Balaban J connectivity index is 2.06. The normalized spacial score (nSPS) is 10.6. The molecular weight excluding hydrogens is 349 g/mol. The zero-order valence-corrected chi connectivity index (χ0v) is 12.3. The first-order valence-electron chi connectivity index (χ1n) is 5.89. The van der Waals surface area contributed by atoms with Crippen LogP contribution in [0.1, 0.15) is 0 Å². The molecule has 0 bridgehead atoms. The Bertz CT molecular complexity index is 740. The number of hydrogen-bond donors (Lipinski definition) is 2. The first-order valence-corrected chi connectivity index (χ1v) is 6.97. The van der Waals surface area contributed by atoms with Gasteiger partial charge in [-0.2, -0.15) is 0 Å². The fourth-order valence-electron chi connectivity index (χ4n) is 2.00. The molecule has 0 spiro atoms. The van der Waals surface area contributed by atoms with Gasteiger partial charge < -0.3 is 11.1 Å². The van der Waals surface area contributed by atoms with Crippen molar-refractivity contribution >= 4 is 50.6 Å². The van der Waals surface area contributed by atoms with Gasteiger partial charge in [-0.25, -0.2) is 0 Å². The van der Waals surface area contributed by atoms with E-state index in [2.05, 4.69) is 45.0 Å². The minimum atomic E-state index is 0.728. The van der Waals surface area contributed by atoms with Crippen molar-refractivity contribution in [1.29, 1.82) is 0 Å². The number of rotatable bonds is 2. The Kier molecular flexibility index (Phi) is 3.25. The van der Waals surface area contributed by atoms with Crippen LogP contribution in [-0.4, -0.2) is 4.98 Å². The van der Waals surface area contributed by atoms with Crippen LogP contribution in [0, 0.1) is 3.57 Å². The molecule has 0 atom stereocenters. The Morgan fingerprint density at radius 2 is 1.95 bits per heavy atom. The van der Waals surface area contributed by atoms with Crippen LogP contribution >= 0.6 is 22.6 Å². The van der Waals surface area contributed by atoms with Gasteiger partial charge in [-0.05, 0) is 65.1 Å². The Morgan fingerprint density at radius 3 is 2.79 bits per heavy atom.